The predicted octanol–water partition coefficient (Wildman–Crippen LogP) is 5.12. The maximum Gasteiger partial charge on any atom is 0.387 e. The van der Waals surface area contributed by atoms with Crippen molar-refractivity contribution in [3.05, 3.63) is 101 Å². The zero-order valence-corrected chi connectivity index (χ0v) is 17.7. The number of amides is 2. The van der Waals surface area contributed by atoms with Crippen molar-refractivity contribution in [1.82, 2.24) is 10.6 Å². The molecule has 0 aliphatic rings. The van der Waals surface area contributed by atoms with Gasteiger partial charge in [0.1, 0.15) is 5.75 Å². The van der Waals surface area contributed by atoms with Gasteiger partial charge in [-0.15, -0.1) is 0 Å². The molecule has 2 N–H and O–H groups in total. The van der Waals surface area contributed by atoms with E-state index in [2.05, 4.69) is 15.4 Å². The van der Waals surface area contributed by atoms with E-state index in [0.29, 0.717) is 10.6 Å². The monoisotopic (exact) mass is 458 g/mol. The minimum atomic E-state index is -2.89. The lowest BCUT2D eigenvalue weighted by molar-refractivity contribution is -0.121. The van der Waals surface area contributed by atoms with Gasteiger partial charge in [-0.1, -0.05) is 66.2 Å². The maximum atomic E-state index is 12.7. The summed E-state index contributed by atoms with van der Waals surface area (Å²) in [5.41, 5.74) is 1.81. The molecule has 0 aromatic heterocycles. The van der Waals surface area contributed by atoms with E-state index in [0.717, 1.165) is 11.1 Å². The highest BCUT2D eigenvalue weighted by Crippen LogP contribution is 2.20. The third kappa shape index (κ3) is 6.78. The quantitative estimate of drug-likeness (QED) is 0.467. The predicted molar refractivity (Wildman–Crippen MR) is 118 cm³/mol. The van der Waals surface area contributed by atoms with Crippen LogP contribution in [-0.4, -0.2) is 18.4 Å². The molecule has 3 rings (SSSR count). The second-order valence-corrected chi connectivity index (χ2v) is 7.33. The third-order valence-electron chi connectivity index (χ3n) is 4.65. The fourth-order valence-corrected chi connectivity index (χ4v) is 3.29. The van der Waals surface area contributed by atoms with Crippen LogP contribution in [0.3, 0.4) is 0 Å². The van der Waals surface area contributed by atoms with Gasteiger partial charge in [-0.3, -0.25) is 9.59 Å². The van der Waals surface area contributed by atoms with Crippen LogP contribution in [0.25, 0.3) is 0 Å². The van der Waals surface area contributed by atoms with E-state index in [-0.39, 0.29) is 30.5 Å². The van der Waals surface area contributed by atoms with Crippen LogP contribution in [0, 0.1) is 0 Å². The van der Waals surface area contributed by atoms with Crippen LogP contribution < -0.4 is 15.4 Å². The number of nitrogens with one attached hydrogen (secondary N) is 2. The van der Waals surface area contributed by atoms with Gasteiger partial charge in [-0.05, 0) is 35.4 Å². The van der Waals surface area contributed by atoms with Crippen LogP contribution in [0.1, 0.15) is 33.9 Å². The van der Waals surface area contributed by atoms with Crippen molar-refractivity contribution >= 4 is 23.4 Å². The van der Waals surface area contributed by atoms with Crippen LogP contribution in [0.5, 0.6) is 5.75 Å². The summed E-state index contributed by atoms with van der Waals surface area (Å²) in [5, 5.41) is 5.97. The van der Waals surface area contributed by atoms with E-state index in [1.807, 2.05) is 30.3 Å². The van der Waals surface area contributed by atoms with Gasteiger partial charge in [0.2, 0.25) is 5.91 Å². The maximum absolute atomic E-state index is 12.7. The van der Waals surface area contributed by atoms with E-state index < -0.39 is 12.7 Å². The van der Waals surface area contributed by atoms with Crippen LogP contribution in [0.4, 0.5) is 8.78 Å². The topological polar surface area (TPSA) is 67.4 Å². The molecule has 3 aromatic carbocycles. The summed E-state index contributed by atoms with van der Waals surface area (Å²) in [5.74, 6) is -0.625. The van der Waals surface area contributed by atoms with Gasteiger partial charge in [0.05, 0.1) is 23.0 Å². The van der Waals surface area contributed by atoms with E-state index >= 15 is 0 Å². The third-order valence-corrected chi connectivity index (χ3v) is 4.98. The zero-order chi connectivity index (χ0) is 22.9. The molecule has 0 saturated heterocycles. The summed E-state index contributed by atoms with van der Waals surface area (Å²) in [6, 6.07) is 21.2. The Kier molecular flexibility index (Phi) is 8.16. The highest BCUT2D eigenvalue weighted by molar-refractivity contribution is 6.33. The number of ether oxygens (including phenoxy) is 1. The Morgan fingerprint density at radius 2 is 1.56 bits per heavy atom. The molecule has 0 aliphatic heterocycles. The van der Waals surface area contributed by atoms with Crippen molar-refractivity contribution < 1.29 is 23.1 Å². The van der Waals surface area contributed by atoms with Crippen molar-refractivity contribution in [3.8, 4) is 5.75 Å². The summed E-state index contributed by atoms with van der Waals surface area (Å²) in [4.78, 5) is 25.3. The van der Waals surface area contributed by atoms with Gasteiger partial charge >= 0.3 is 6.61 Å². The first-order valence-electron chi connectivity index (χ1n) is 9.83. The summed E-state index contributed by atoms with van der Waals surface area (Å²) < 4.78 is 28.8. The van der Waals surface area contributed by atoms with Gasteiger partial charge in [0.25, 0.3) is 5.91 Å². The lowest BCUT2D eigenvalue weighted by Gasteiger charge is -2.19. The molecule has 3 aromatic rings. The molecule has 166 valence electrons. The summed E-state index contributed by atoms with van der Waals surface area (Å²) >= 11 is 6.12. The molecule has 0 bridgehead atoms. The van der Waals surface area contributed by atoms with Crippen LogP contribution in [-0.2, 0) is 11.3 Å². The molecular formula is C24H21ClF2N2O3. The molecular weight excluding hydrogens is 438 g/mol. The molecule has 2 amide bonds. The van der Waals surface area contributed by atoms with Crippen molar-refractivity contribution in [1.29, 1.82) is 0 Å². The number of halogens is 3. The number of benzene rings is 3. The zero-order valence-electron chi connectivity index (χ0n) is 16.9. The van der Waals surface area contributed by atoms with E-state index in [4.69, 9.17) is 11.6 Å². The molecule has 1 atom stereocenters. The molecule has 5 nitrogen and oxygen atoms in total. The van der Waals surface area contributed by atoms with Gasteiger partial charge in [0.15, 0.2) is 0 Å². The number of carbonyl (C=O) groups excluding carboxylic acids is 2. The van der Waals surface area contributed by atoms with Crippen molar-refractivity contribution in [2.75, 3.05) is 0 Å². The van der Waals surface area contributed by atoms with Crippen LogP contribution in [0.2, 0.25) is 5.02 Å². The minimum absolute atomic E-state index is 0.00673. The number of carbonyl (C=O) groups is 2. The first-order chi connectivity index (χ1) is 15.4. The summed E-state index contributed by atoms with van der Waals surface area (Å²) in [7, 11) is 0. The first-order valence-corrected chi connectivity index (χ1v) is 10.2. The van der Waals surface area contributed by atoms with E-state index in [1.165, 1.54) is 12.1 Å². The van der Waals surface area contributed by atoms with Crippen molar-refractivity contribution in [3.63, 3.8) is 0 Å². The molecule has 0 fully saturated rings. The smallest absolute Gasteiger partial charge is 0.387 e. The Balaban J connectivity index is 1.63. The number of alkyl halides is 2. The fraction of sp³-hybridized carbons (Fsp3) is 0.167. The van der Waals surface area contributed by atoms with Crippen LogP contribution >= 0.6 is 11.6 Å². The summed E-state index contributed by atoms with van der Waals surface area (Å²) in [6.07, 6.45) is 0.00673. The Labute approximate surface area is 189 Å². The van der Waals surface area contributed by atoms with E-state index in [9.17, 15) is 18.4 Å². The molecule has 8 heteroatoms. The van der Waals surface area contributed by atoms with Gasteiger partial charge in [0, 0.05) is 6.54 Å². The molecule has 0 radical (unpaired) electrons. The average molecular weight is 459 g/mol. The minimum Gasteiger partial charge on any atom is -0.435 e. The molecule has 1 unspecified atom stereocenters. The van der Waals surface area contributed by atoms with Crippen molar-refractivity contribution in [2.24, 2.45) is 0 Å². The molecule has 32 heavy (non-hydrogen) atoms. The second-order valence-electron chi connectivity index (χ2n) is 6.92. The normalized spacial score (nSPS) is 11.6. The molecule has 0 aliphatic carbocycles. The van der Waals surface area contributed by atoms with Crippen molar-refractivity contribution in [2.45, 2.75) is 25.6 Å². The lowest BCUT2D eigenvalue weighted by atomic mass is 10.0. The second kappa shape index (κ2) is 11.2. The Hall–Kier alpha value is -3.45. The SMILES string of the molecule is O=C(CC(NC(=O)c1ccccc1Cl)c1ccccc1)NCc1ccc(OC(F)F)cc1. The number of hydrogen-bond acceptors (Lipinski definition) is 3. The largest absolute Gasteiger partial charge is 0.435 e. The Morgan fingerprint density at radius 3 is 2.22 bits per heavy atom. The summed E-state index contributed by atoms with van der Waals surface area (Å²) in [6.45, 7) is -2.69. The molecule has 0 heterocycles. The van der Waals surface area contributed by atoms with Gasteiger partial charge in [-0.25, -0.2) is 0 Å². The first kappa shape index (κ1) is 23.2. The fourth-order valence-electron chi connectivity index (χ4n) is 3.07. The highest BCUT2D eigenvalue weighted by Gasteiger charge is 2.20. The average Bonchev–Trinajstić information content (AvgIpc) is 2.78. The van der Waals surface area contributed by atoms with Gasteiger partial charge < -0.3 is 15.4 Å². The number of hydrogen-bond donors (Lipinski definition) is 2. The molecule has 0 spiro atoms. The Bertz CT molecular complexity index is 1050. The standard InChI is InChI=1S/C24H21ClF2N2O3/c25-20-9-5-4-8-19(20)23(31)29-21(17-6-2-1-3-7-17)14-22(30)28-15-16-10-12-18(13-11-16)32-24(26)27/h1-13,21,24H,14-15H2,(H,28,30)(H,29,31). The van der Waals surface area contributed by atoms with Gasteiger partial charge in [-0.2, -0.15) is 8.78 Å². The Morgan fingerprint density at radius 1 is 0.906 bits per heavy atom. The molecule has 0 saturated carbocycles. The van der Waals surface area contributed by atoms with Crippen LogP contribution in [0.15, 0.2) is 78.9 Å². The van der Waals surface area contributed by atoms with E-state index in [1.54, 1.807) is 36.4 Å². The highest BCUT2D eigenvalue weighted by atomic mass is 35.5. The lowest BCUT2D eigenvalue weighted by Crippen LogP contribution is -2.33. The number of rotatable bonds is 9.